The van der Waals surface area contributed by atoms with E-state index in [4.69, 9.17) is 9.84 Å². The van der Waals surface area contributed by atoms with Crippen molar-refractivity contribution < 1.29 is 14.6 Å². The number of hydrogen-bond donors (Lipinski definition) is 1. The van der Waals surface area contributed by atoms with Crippen molar-refractivity contribution in [2.24, 2.45) is 0 Å². The topological polar surface area (TPSA) is 46.5 Å². The van der Waals surface area contributed by atoms with Crippen LogP contribution in [0.3, 0.4) is 0 Å². The summed E-state index contributed by atoms with van der Waals surface area (Å²) in [6.07, 6.45) is 1.38. The highest BCUT2D eigenvalue weighted by Gasteiger charge is 2.09. The average molecular weight is 282 g/mol. The molecule has 0 spiro atoms. The molecule has 1 atom stereocenters. The van der Waals surface area contributed by atoms with Crippen LogP contribution in [0.15, 0.2) is 17.0 Å². The lowest BCUT2D eigenvalue weighted by atomic mass is 10.0. The first-order valence-electron chi connectivity index (χ1n) is 6.41. The first-order chi connectivity index (χ1) is 8.93. The number of carboxylic acids is 1. The number of carbonyl (C=O) groups is 1. The molecule has 0 aliphatic carbocycles. The third kappa shape index (κ3) is 5.25. The number of hydrogen-bond acceptors (Lipinski definition) is 3. The summed E-state index contributed by atoms with van der Waals surface area (Å²) in [7, 11) is 1.73. The SMILES string of the molecule is COC(C)CCSc1cc(C)c(CC(=O)O)cc1C. The van der Waals surface area contributed by atoms with Crippen molar-refractivity contribution in [2.75, 3.05) is 12.9 Å². The maximum Gasteiger partial charge on any atom is 0.307 e. The minimum Gasteiger partial charge on any atom is -0.481 e. The summed E-state index contributed by atoms with van der Waals surface area (Å²) in [4.78, 5) is 12.0. The van der Waals surface area contributed by atoms with Gasteiger partial charge in [-0.2, -0.15) is 0 Å². The lowest BCUT2D eigenvalue weighted by molar-refractivity contribution is -0.136. The van der Waals surface area contributed by atoms with E-state index in [-0.39, 0.29) is 12.5 Å². The molecule has 0 aliphatic rings. The second-order valence-corrected chi connectivity index (χ2v) is 5.93. The Morgan fingerprint density at radius 2 is 2.05 bits per heavy atom. The number of aliphatic carboxylic acids is 1. The molecule has 1 aromatic rings. The summed E-state index contributed by atoms with van der Waals surface area (Å²) in [6, 6.07) is 4.08. The molecule has 4 heteroatoms. The Hall–Kier alpha value is -1.00. The Labute approximate surface area is 119 Å². The van der Waals surface area contributed by atoms with Gasteiger partial charge >= 0.3 is 5.97 Å². The number of methoxy groups -OCH3 is 1. The molecule has 0 bridgehead atoms. The van der Waals surface area contributed by atoms with Crippen molar-refractivity contribution in [1.82, 2.24) is 0 Å². The minimum absolute atomic E-state index is 0.0956. The molecule has 0 heterocycles. The van der Waals surface area contributed by atoms with Crippen LogP contribution in [0.4, 0.5) is 0 Å². The highest BCUT2D eigenvalue weighted by atomic mass is 32.2. The molecule has 0 aliphatic heterocycles. The normalized spacial score (nSPS) is 12.4. The lowest BCUT2D eigenvalue weighted by Crippen LogP contribution is -2.06. The number of aryl methyl sites for hydroxylation is 2. The summed E-state index contributed by atoms with van der Waals surface area (Å²) < 4.78 is 5.23. The number of ether oxygens (including phenoxy) is 1. The third-order valence-electron chi connectivity index (χ3n) is 3.16. The van der Waals surface area contributed by atoms with Gasteiger partial charge in [-0.15, -0.1) is 11.8 Å². The second kappa shape index (κ2) is 7.56. The van der Waals surface area contributed by atoms with Crippen molar-refractivity contribution in [3.05, 3.63) is 28.8 Å². The summed E-state index contributed by atoms with van der Waals surface area (Å²) in [5.41, 5.74) is 3.10. The molecule has 3 nitrogen and oxygen atoms in total. The van der Waals surface area contributed by atoms with E-state index in [1.54, 1.807) is 18.9 Å². The van der Waals surface area contributed by atoms with Gasteiger partial charge in [-0.25, -0.2) is 0 Å². The van der Waals surface area contributed by atoms with Gasteiger partial charge in [-0.3, -0.25) is 4.79 Å². The highest BCUT2D eigenvalue weighted by molar-refractivity contribution is 7.99. The molecule has 1 aromatic carbocycles. The van der Waals surface area contributed by atoms with E-state index < -0.39 is 5.97 Å². The predicted octanol–water partition coefficient (Wildman–Crippen LogP) is 3.45. The van der Waals surface area contributed by atoms with Crippen LogP contribution in [0.5, 0.6) is 0 Å². The number of benzene rings is 1. The maximum atomic E-state index is 10.8. The lowest BCUT2D eigenvalue weighted by Gasteiger charge is -2.12. The zero-order chi connectivity index (χ0) is 14.4. The quantitative estimate of drug-likeness (QED) is 0.778. The Kier molecular flexibility index (Phi) is 6.38. The summed E-state index contributed by atoms with van der Waals surface area (Å²) in [5.74, 6) is 0.227. The number of carboxylic acid groups (broad SMARTS) is 1. The molecule has 1 rings (SSSR count). The molecule has 0 saturated carbocycles. The molecule has 0 amide bonds. The molecule has 0 radical (unpaired) electrons. The van der Waals surface area contributed by atoms with Gasteiger partial charge in [0.2, 0.25) is 0 Å². The smallest absolute Gasteiger partial charge is 0.307 e. The Bertz CT molecular complexity index is 443. The number of rotatable bonds is 7. The fraction of sp³-hybridized carbons (Fsp3) is 0.533. The van der Waals surface area contributed by atoms with Gasteiger partial charge in [-0.1, -0.05) is 6.07 Å². The summed E-state index contributed by atoms with van der Waals surface area (Å²) in [6.45, 7) is 6.07. The first kappa shape index (κ1) is 16.1. The largest absolute Gasteiger partial charge is 0.481 e. The van der Waals surface area contributed by atoms with Crippen LogP contribution >= 0.6 is 11.8 Å². The zero-order valence-corrected chi connectivity index (χ0v) is 12.8. The van der Waals surface area contributed by atoms with Crippen LogP contribution in [0.25, 0.3) is 0 Å². The van der Waals surface area contributed by atoms with Gasteiger partial charge in [0.15, 0.2) is 0 Å². The summed E-state index contributed by atoms with van der Waals surface area (Å²) in [5, 5.41) is 8.86. The summed E-state index contributed by atoms with van der Waals surface area (Å²) >= 11 is 1.81. The van der Waals surface area contributed by atoms with E-state index in [1.165, 1.54) is 4.90 Å². The molecule has 0 fully saturated rings. The highest BCUT2D eigenvalue weighted by Crippen LogP contribution is 2.27. The van der Waals surface area contributed by atoms with Crippen molar-refractivity contribution in [3.63, 3.8) is 0 Å². The van der Waals surface area contributed by atoms with Crippen LogP contribution in [-0.2, 0) is 16.0 Å². The van der Waals surface area contributed by atoms with Gasteiger partial charge in [0.05, 0.1) is 12.5 Å². The van der Waals surface area contributed by atoms with Crippen molar-refractivity contribution in [1.29, 1.82) is 0 Å². The van der Waals surface area contributed by atoms with Gasteiger partial charge in [-0.05, 0) is 49.9 Å². The van der Waals surface area contributed by atoms with E-state index in [2.05, 4.69) is 13.0 Å². The molecule has 0 saturated heterocycles. The van der Waals surface area contributed by atoms with Crippen LogP contribution in [0.1, 0.15) is 30.0 Å². The zero-order valence-electron chi connectivity index (χ0n) is 12.0. The Morgan fingerprint density at radius 3 is 2.63 bits per heavy atom. The molecule has 1 unspecified atom stereocenters. The first-order valence-corrected chi connectivity index (χ1v) is 7.40. The molecule has 106 valence electrons. The van der Waals surface area contributed by atoms with E-state index in [9.17, 15) is 4.79 Å². The molecule has 1 N–H and O–H groups in total. The van der Waals surface area contributed by atoms with E-state index >= 15 is 0 Å². The van der Waals surface area contributed by atoms with E-state index in [1.807, 2.05) is 19.9 Å². The molecular weight excluding hydrogens is 260 g/mol. The van der Waals surface area contributed by atoms with Gasteiger partial charge < -0.3 is 9.84 Å². The predicted molar refractivity (Wildman–Crippen MR) is 79.1 cm³/mol. The van der Waals surface area contributed by atoms with Gasteiger partial charge in [0.1, 0.15) is 0 Å². The molecule has 0 aromatic heterocycles. The molecule has 19 heavy (non-hydrogen) atoms. The fourth-order valence-corrected chi connectivity index (χ4v) is 3.03. The second-order valence-electron chi connectivity index (χ2n) is 4.80. The third-order valence-corrected chi connectivity index (χ3v) is 4.35. The van der Waals surface area contributed by atoms with Gasteiger partial charge in [0.25, 0.3) is 0 Å². The van der Waals surface area contributed by atoms with E-state index in [0.717, 1.165) is 28.9 Å². The van der Waals surface area contributed by atoms with Crippen LogP contribution in [-0.4, -0.2) is 30.0 Å². The van der Waals surface area contributed by atoms with Crippen LogP contribution in [0.2, 0.25) is 0 Å². The Morgan fingerprint density at radius 1 is 1.37 bits per heavy atom. The van der Waals surface area contributed by atoms with Crippen molar-refractivity contribution in [3.8, 4) is 0 Å². The standard InChI is InChI=1S/C15H22O3S/c1-10-8-14(19-6-5-12(3)18-4)11(2)7-13(10)9-15(16)17/h7-8,12H,5-6,9H2,1-4H3,(H,16,17). The van der Waals surface area contributed by atoms with Crippen molar-refractivity contribution in [2.45, 2.75) is 44.6 Å². The Balaban J connectivity index is 2.70. The van der Waals surface area contributed by atoms with Crippen LogP contribution < -0.4 is 0 Å². The van der Waals surface area contributed by atoms with Crippen molar-refractivity contribution >= 4 is 17.7 Å². The minimum atomic E-state index is -0.781. The maximum absolute atomic E-state index is 10.8. The van der Waals surface area contributed by atoms with Crippen LogP contribution in [0, 0.1) is 13.8 Å². The van der Waals surface area contributed by atoms with E-state index in [0.29, 0.717) is 0 Å². The monoisotopic (exact) mass is 282 g/mol. The number of thioether (sulfide) groups is 1. The average Bonchev–Trinajstić information content (AvgIpc) is 2.34. The van der Waals surface area contributed by atoms with Gasteiger partial charge in [0, 0.05) is 17.8 Å². The molecular formula is C15H22O3S. The fourth-order valence-electron chi connectivity index (χ4n) is 1.81.